The number of carboxylic acid groups (broad SMARTS) is 1. The number of carboxylic acids is 1. The molecular formula is C14H16N2O3S. The third kappa shape index (κ3) is 3.33. The molecule has 1 atom stereocenters. The van der Waals surface area contributed by atoms with E-state index in [0.717, 1.165) is 10.2 Å². The first-order valence-electron chi connectivity index (χ1n) is 6.34. The van der Waals surface area contributed by atoms with E-state index in [2.05, 4.69) is 10.3 Å². The number of carbonyl (C=O) groups excluding carboxylic acids is 1. The van der Waals surface area contributed by atoms with Gasteiger partial charge in [-0.3, -0.25) is 4.79 Å². The van der Waals surface area contributed by atoms with Crippen LogP contribution < -0.4 is 5.32 Å². The molecule has 0 saturated heterocycles. The molecule has 0 unspecified atom stereocenters. The molecule has 0 radical (unpaired) electrons. The maximum Gasteiger partial charge on any atom is 0.326 e. The van der Waals surface area contributed by atoms with Crippen molar-refractivity contribution in [1.82, 2.24) is 10.3 Å². The Labute approximate surface area is 120 Å². The molecule has 1 heterocycles. The highest BCUT2D eigenvalue weighted by atomic mass is 32.1. The second-order valence-electron chi connectivity index (χ2n) is 5.03. The van der Waals surface area contributed by atoms with E-state index in [-0.39, 0.29) is 11.8 Å². The van der Waals surface area contributed by atoms with Crippen LogP contribution in [0.3, 0.4) is 0 Å². The minimum absolute atomic E-state index is 0.195. The van der Waals surface area contributed by atoms with Crippen LogP contribution in [0.1, 0.15) is 30.6 Å². The summed E-state index contributed by atoms with van der Waals surface area (Å²) >= 11 is 1.45. The molecule has 2 rings (SSSR count). The maximum atomic E-state index is 12.1. The second kappa shape index (κ2) is 6.00. The van der Waals surface area contributed by atoms with E-state index in [9.17, 15) is 9.59 Å². The van der Waals surface area contributed by atoms with Gasteiger partial charge in [-0.2, -0.15) is 0 Å². The summed E-state index contributed by atoms with van der Waals surface area (Å²) in [5.41, 5.74) is 3.01. The van der Waals surface area contributed by atoms with Gasteiger partial charge in [-0.25, -0.2) is 9.78 Å². The molecule has 1 aromatic carbocycles. The van der Waals surface area contributed by atoms with Crippen molar-refractivity contribution in [2.75, 3.05) is 0 Å². The lowest BCUT2D eigenvalue weighted by atomic mass is 10.0. The second-order valence-corrected chi connectivity index (χ2v) is 5.92. The standard InChI is InChI=1S/C14H16N2O3S/c1-8(2)5-11(14(18)19)16-13(17)9-3-4-10-12(6-9)20-7-15-10/h3-4,6-8,11H,5H2,1-2H3,(H,16,17)(H,18,19)/t11-/m0/s1. The van der Waals surface area contributed by atoms with Crippen LogP contribution in [-0.2, 0) is 4.79 Å². The Morgan fingerprint density at radius 1 is 1.40 bits per heavy atom. The predicted molar refractivity (Wildman–Crippen MR) is 78.0 cm³/mol. The Morgan fingerprint density at radius 3 is 2.80 bits per heavy atom. The van der Waals surface area contributed by atoms with E-state index in [0.29, 0.717) is 12.0 Å². The fraction of sp³-hybridized carbons (Fsp3) is 0.357. The zero-order valence-corrected chi connectivity index (χ0v) is 12.1. The molecule has 5 nitrogen and oxygen atoms in total. The molecule has 0 bridgehead atoms. The molecule has 0 aliphatic heterocycles. The number of fused-ring (bicyclic) bond motifs is 1. The number of hydrogen-bond donors (Lipinski definition) is 2. The molecule has 2 N–H and O–H groups in total. The third-order valence-corrected chi connectivity index (χ3v) is 3.70. The zero-order valence-electron chi connectivity index (χ0n) is 11.3. The Balaban J connectivity index is 2.15. The molecule has 0 saturated carbocycles. The van der Waals surface area contributed by atoms with Gasteiger partial charge in [0.1, 0.15) is 6.04 Å². The third-order valence-electron chi connectivity index (χ3n) is 2.90. The molecule has 1 aromatic heterocycles. The van der Waals surface area contributed by atoms with Crippen molar-refractivity contribution in [2.45, 2.75) is 26.3 Å². The fourth-order valence-electron chi connectivity index (χ4n) is 1.93. The summed E-state index contributed by atoms with van der Waals surface area (Å²) in [4.78, 5) is 27.4. The van der Waals surface area contributed by atoms with Gasteiger partial charge < -0.3 is 10.4 Å². The molecule has 0 aliphatic rings. The van der Waals surface area contributed by atoms with Gasteiger partial charge in [-0.05, 0) is 30.5 Å². The molecule has 6 heteroatoms. The first-order chi connectivity index (χ1) is 9.47. The molecule has 0 aliphatic carbocycles. The van der Waals surface area contributed by atoms with Crippen LogP contribution in [0.2, 0.25) is 0 Å². The molecular weight excluding hydrogens is 276 g/mol. The van der Waals surface area contributed by atoms with Gasteiger partial charge in [0.25, 0.3) is 5.91 Å². The van der Waals surface area contributed by atoms with Crippen molar-refractivity contribution in [3.05, 3.63) is 29.3 Å². The van der Waals surface area contributed by atoms with Gasteiger partial charge in [0.05, 0.1) is 15.7 Å². The summed E-state index contributed by atoms with van der Waals surface area (Å²) in [6.45, 7) is 3.84. The smallest absolute Gasteiger partial charge is 0.326 e. The lowest BCUT2D eigenvalue weighted by molar-refractivity contribution is -0.139. The van der Waals surface area contributed by atoms with E-state index < -0.39 is 12.0 Å². The summed E-state index contributed by atoms with van der Waals surface area (Å²) in [5, 5.41) is 11.7. The van der Waals surface area contributed by atoms with E-state index in [1.807, 2.05) is 13.8 Å². The van der Waals surface area contributed by atoms with Gasteiger partial charge in [0.15, 0.2) is 0 Å². The summed E-state index contributed by atoms with van der Waals surface area (Å²) in [7, 11) is 0. The van der Waals surface area contributed by atoms with E-state index in [4.69, 9.17) is 5.11 Å². The molecule has 106 valence electrons. The van der Waals surface area contributed by atoms with Crippen LogP contribution in [0.15, 0.2) is 23.7 Å². The largest absolute Gasteiger partial charge is 0.480 e. The molecule has 20 heavy (non-hydrogen) atoms. The number of nitrogens with one attached hydrogen (secondary N) is 1. The molecule has 2 aromatic rings. The number of amides is 1. The van der Waals surface area contributed by atoms with Crippen molar-refractivity contribution >= 4 is 33.4 Å². The van der Waals surface area contributed by atoms with Gasteiger partial charge in [-0.15, -0.1) is 11.3 Å². The fourth-order valence-corrected chi connectivity index (χ4v) is 2.65. The molecule has 0 spiro atoms. The summed E-state index contributed by atoms with van der Waals surface area (Å²) in [6.07, 6.45) is 0.407. The number of carbonyl (C=O) groups is 2. The number of aliphatic carboxylic acids is 1. The number of rotatable bonds is 5. The highest BCUT2D eigenvalue weighted by Crippen LogP contribution is 2.19. The van der Waals surface area contributed by atoms with Crippen LogP contribution in [0.5, 0.6) is 0 Å². The summed E-state index contributed by atoms with van der Waals surface area (Å²) in [5.74, 6) is -1.18. The lowest BCUT2D eigenvalue weighted by Crippen LogP contribution is -2.41. The average Bonchev–Trinajstić information content (AvgIpc) is 2.84. The number of nitrogens with zero attached hydrogens (tertiary/aromatic N) is 1. The van der Waals surface area contributed by atoms with E-state index in [1.54, 1.807) is 23.7 Å². The first-order valence-corrected chi connectivity index (χ1v) is 7.22. The van der Waals surface area contributed by atoms with Gasteiger partial charge in [0, 0.05) is 5.56 Å². The quantitative estimate of drug-likeness (QED) is 0.887. The van der Waals surface area contributed by atoms with Gasteiger partial charge >= 0.3 is 5.97 Å². The predicted octanol–water partition coefficient (Wildman–Crippen LogP) is 2.53. The summed E-state index contributed by atoms with van der Waals surface area (Å²) < 4.78 is 0.911. The minimum Gasteiger partial charge on any atom is -0.480 e. The minimum atomic E-state index is -1.01. The lowest BCUT2D eigenvalue weighted by Gasteiger charge is -2.16. The van der Waals surface area contributed by atoms with Crippen molar-refractivity contribution in [3.8, 4) is 0 Å². The van der Waals surface area contributed by atoms with Crippen LogP contribution in [0.25, 0.3) is 10.2 Å². The Kier molecular flexibility index (Phi) is 4.34. The average molecular weight is 292 g/mol. The highest BCUT2D eigenvalue weighted by Gasteiger charge is 2.21. The normalized spacial score (nSPS) is 12.6. The Bertz CT molecular complexity index is 636. The van der Waals surface area contributed by atoms with Crippen molar-refractivity contribution in [3.63, 3.8) is 0 Å². The van der Waals surface area contributed by atoms with E-state index in [1.165, 1.54) is 11.3 Å². The number of aromatic nitrogens is 1. The van der Waals surface area contributed by atoms with Crippen molar-refractivity contribution in [2.24, 2.45) is 5.92 Å². The SMILES string of the molecule is CC(C)C[C@H](NC(=O)c1ccc2ncsc2c1)C(=O)O. The van der Waals surface area contributed by atoms with Crippen LogP contribution in [-0.4, -0.2) is 28.0 Å². The van der Waals surface area contributed by atoms with E-state index >= 15 is 0 Å². The highest BCUT2D eigenvalue weighted by molar-refractivity contribution is 7.16. The maximum absolute atomic E-state index is 12.1. The number of benzene rings is 1. The monoisotopic (exact) mass is 292 g/mol. The number of hydrogen-bond acceptors (Lipinski definition) is 4. The van der Waals surface area contributed by atoms with Crippen LogP contribution in [0.4, 0.5) is 0 Å². The van der Waals surface area contributed by atoms with Gasteiger partial charge in [0.2, 0.25) is 0 Å². The molecule has 1 amide bonds. The first kappa shape index (κ1) is 14.5. The topological polar surface area (TPSA) is 79.3 Å². The Morgan fingerprint density at radius 2 is 2.15 bits per heavy atom. The van der Waals surface area contributed by atoms with Crippen LogP contribution in [0, 0.1) is 5.92 Å². The zero-order chi connectivity index (χ0) is 14.7. The van der Waals surface area contributed by atoms with Gasteiger partial charge in [-0.1, -0.05) is 13.8 Å². The van der Waals surface area contributed by atoms with Crippen LogP contribution >= 0.6 is 11.3 Å². The van der Waals surface area contributed by atoms with Crippen molar-refractivity contribution < 1.29 is 14.7 Å². The Hall–Kier alpha value is -1.95. The van der Waals surface area contributed by atoms with Crippen molar-refractivity contribution in [1.29, 1.82) is 0 Å². The number of thiazole rings is 1. The summed E-state index contributed by atoms with van der Waals surface area (Å²) in [6, 6.07) is 4.29. The molecule has 0 fully saturated rings.